The Morgan fingerprint density at radius 1 is 0.815 bits per heavy atom. The van der Waals surface area contributed by atoms with E-state index in [2.05, 4.69) is 6.58 Å². The van der Waals surface area contributed by atoms with Crippen molar-refractivity contribution in [3.05, 3.63) is 12.7 Å². The van der Waals surface area contributed by atoms with Crippen LogP contribution in [0.3, 0.4) is 0 Å². The topological polar surface area (TPSA) is 186 Å². The molecule has 0 spiro atoms. The van der Waals surface area contributed by atoms with Crippen LogP contribution in [0, 0.1) is 0 Å². The molecule has 0 radical (unpaired) electrons. The summed E-state index contributed by atoms with van der Waals surface area (Å²) in [6, 6.07) is 0. The number of hydrogen-bond donors (Lipinski definition) is 5. The summed E-state index contributed by atoms with van der Waals surface area (Å²) < 4.78 is 0. The van der Waals surface area contributed by atoms with Crippen molar-refractivity contribution in [3.63, 3.8) is 0 Å². The first kappa shape index (κ1) is 24.9. The summed E-state index contributed by atoms with van der Waals surface area (Å²) in [5.74, 6) is -8.39. The zero-order valence-corrected chi connectivity index (χ0v) is 15.5. The van der Waals surface area contributed by atoms with Crippen LogP contribution in [0.25, 0.3) is 0 Å². The SMILES string of the molecule is C=CC[C@@](O)(CO)[C@](O)(C(C)=O)[C@@](O)(C(C)=O)[C@](O)(C(C)=O)C(=O)C(C)=O. The van der Waals surface area contributed by atoms with E-state index in [0.717, 1.165) is 6.08 Å². The van der Waals surface area contributed by atoms with E-state index in [0.29, 0.717) is 27.7 Å². The number of aliphatic hydroxyl groups is 5. The van der Waals surface area contributed by atoms with E-state index in [1.807, 2.05) is 0 Å². The van der Waals surface area contributed by atoms with Crippen LogP contribution in [0.4, 0.5) is 0 Å². The van der Waals surface area contributed by atoms with Crippen LogP contribution in [-0.4, -0.2) is 83.5 Å². The Morgan fingerprint density at radius 3 is 1.44 bits per heavy atom. The van der Waals surface area contributed by atoms with E-state index in [1.165, 1.54) is 0 Å². The second-order valence-electron chi connectivity index (χ2n) is 6.37. The van der Waals surface area contributed by atoms with Gasteiger partial charge in [0.15, 0.2) is 28.7 Å². The van der Waals surface area contributed by atoms with E-state index >= 15 is 0 Å². The molecule has 0 aromatic carbocycles. The van der Waals surface area contributed by atoms with Crippen LogP contribution in [0.1, 0.15) is 34.1 Å². The molecule has 0 amide bonds. The van der Waals surface area contributed by atoms with Gasteiger partial charge >= 0.3 is 0 Å². The molecule has 0 unspecified atom stereocenters. The Bertz CT molecular complexity index is 698. The molecule has 0 saturated heterocycles. The van der Waals surface area contributed by atoms with Gasteiger partial charge in [-0.25, -0.2) is 0 Å². The third-order valence-corrected chi connectivity index (χ3v) is 4.64. The number of Topliss-reactive ketones (excluding diaryl/α,β-unsaturated/α-hetero) is 5. The molecule has 0 aliphatic heterocycles. The number of ketones is 5. The molecule has 0 saturated carbocycles. The van der Waals surface area contributed by atoms with Crippen molar-refractivity contribution < 1.29 is 49.5 Å². The Kier molecular flexibility index (Phi) is 7.25. The maximum absolute atomic E-state index is 12.3. The van der Waals surface area contributed by atoms with Gasteiger partial charge < -0.3 is 25.5 Å². The summed E-state index contributed by atoms with van der Waals surface area (Å²) in [7, 11) is 0. The van der Waals surface area contributed by atoms with Gasteiger partial charge in [0.05, 0.1) is 6.61 Å². The Hall–Kier alpha value is -2.11. The monoisotopic (exact) mass is 388 g/mol. The highest BCUT2D eigenvalue weighted by molar-refractivity contribution is 6.45. The first-order chi connectivity index (χ1) is 12.1. The van der Waals surface area contributed by atoms with Gasteiger partial charge in [0.2, 0.25) is 17.0 Å². The fourth-order valence-electron chi connectivity index (χ4n) is 3.09. The number of hydrogen-bond acceptors (Lipinski definition) is 10. The van der Waals surface area contributed by atoms with Gasteiger partial charge in [-0.05, 0) is 27.2 Å². The minimum Gasteiger partial charge on any atom is -0.393 e. The summed E-state index contributed by atoms with van der Waals surface area (Å²) in [5.41, 5.74) is -14.8. The first-order valence-electron chi connectivity index (χ1n) is 7.75. The summed E-state index contributed by atoms with van der Waals surface area (Å²) in [5, 5.41) is 52.9. The number of carbonyl (C=O) groups is 5. The highest BCUT2D eigenvalue weighted by atomic mass is 16.4. The van der Waals surface area contributed by atoms with Crippen molar-refractivity contribution in [1.82, 2.24) is 0 Å². The molecule has 10 heteroatoms. The van der Waals surface area contributed by atoms with Gasteiger partial charge in [-0.2, -0.15) is 0 Å². The third kappa shape index (κ3) is 3.19. The van der Waals surface area contributed by atoms with Crippen LogP contribution in [0.2, 0.25) is 0 Å². The van der Waals surface area contributed by atoms with Crippen LogP contribution >= 0.6 is 0 Å². The second-order valence-corrected chi connectivity index (χ2v) is 6.37. The normalized spacial score (nSPS) is 20.2. The van der Waals surface area contributed by atoms with Crippen molar-refractivity contribution >= 4 is 28.9 Å². The van der Waals surface area contributed by atoms with Crippen molar-refractivity contribution in [2.75, 3.05) is 6.61 Å². The van der Waals surface area contributed by atoms with Gasteiger partial charge in [-0.3, -0.25) is 24.0 Å². The van der Waals surface area contributed by atoms with Crippen molar-refractivity contribution in [1.29, 1.82) is 0 Å². The second kappa shape index (κ2) is 7.87. The van der Waals surface area contributed by atoms with Crippen LogP contribution in [0.15, 0.2) is 12.7 Å². The molecule has 0 aliphatic rings. The fourth-order valence-corrected chi connectivity index (χ4v) is 3.09. The molecule has 0 rings (SSSR count). The number of carbonyl (C=O) groups excluding carboxylic acids is 5. The average molecular weight is 388 g/mol. The fraction of sp³-hybridized carbons (Fsp3) is 0.588. The molecule has 0 aliphatic carbocycles. The molecule has 0 heterocycles. The highest BCUT2D eigenvalue weighted by Crippen LogP contribution is 2.44. The van der Waals surface area contributed by atoms with Gasteiger partial charge in [-0.1, -0.05) is 6.08 Å². The van der Waals surface area contributed by atoms with Gasteiger partial charge in [-0.15, -0.1) is 6.58 Å². The van der Waals surface area contributed by atoms with E-state index in [-0.39, 0.29) is 0 Å². The van der Waals surface area contributed by atoms with E-state index in [1.54, 1.807) is 0 Å². The minimum atomic E-state index is -4.01. The average Bonchev–Trinajstić information content (AvgIpc) is 2.57. The molecule has 0 aromatic heterocycles. The van der Waals surface area contributed by atoms with Gasteiger partial charge in [0, 0.05) is 6.92 Å². The van der Waals surface area contributed by atoms with Crippen molar-refractivity contribution in [2.24, 2.45) is 0 Å². The van der Waals surface area contributed by atoms with Crippen molar-refractivity contribution in [2.45, 2.75) is 56.5 Å². The smallest absolute Gasteiger partial charge is 0.240 e. The Labute approximate surface area is 155 Å². The predicted octanol–water partition coefficient (Wildman–Crippen LogP) is -2.60. The molecule has 10 nitrogen and oxygen atoms in total. The number of aliphatic hydroxyl groups excluding tert-OH is 1. The summed E-state index contributed by atoms with van der Waals surface area (Å²) in [4.78, 5) is 60.5. The largest absolute Gasteiger partial charge is 0.393 e. The van der Waals surface area contributed by atoms with E-state index < -0.39 is 64.3 Å². The first-order valence-corrected chi connectivity index (χ1v) is 7.75. The number of rotatable bonds is 11. The lowest BCUT2D eigenvalue weighted by atomic mass is 9.57. The van der Waals surface area contributed by atoms with Gasteiger partial charge in [0.25, 0.3) is 0 Å². The molecular formula is C17H24O10. The van der Waals surface area contributed by atoms with Gasteiger partial charge in [0.1, 0.15) is 5.60 Å². The predicted molar refractivity (Wildman–Crippen MR) is 89.4 cm³/mol. The maximum Gasteiger partial charge on any atom is 0.240 e. The lowest BCUT2D eigenvalue weighted by Crippen LogP contribution is -2.84. The van der Waals surface area contributed by atoms with Crippen molar-refractivity contribution in [3.8, 4) is 0 Å². The lowest BCUT2D eigenvalue weighted by Gasteiger charge is -2.53. The quantitative estimate of drug-likeness (QED) is 0.143. The molecule has 27 heavy (non-hydrogen) atoms. The standard InChI is InChI=1S/C17H24O10/c1-6-7-14(24,8-18)16(26,11(4)21)17(27,12(5)22)15(25,10(3)20)13(23)9(2)19/h6,18,24-27H,1,7-8H2,2-5H3/t14-,15+,16-,17-/m1/s1. The zero-order valence-electron chi connectivity index (χ0n) is 15.5. The van der Waals surface area contributed by atoms with Crippen LogP contribution in [0.5, 0.6) is 0 Å². The molecule has 152 valence electrons. The summed E-state index contributed by atoms with van der Waals surface area (Å²) >= 11 is 0. The van der Waals surface area contributed by atoms with Crippen LogP contribution in [-0.2, 0) is 24.0 Å². The lowest BCUT2D eigenvalue weighted by molar-refractivity contribution is -0.269. The zero-order chi connectivity index (χ0) is 22.0. The molecule has 5 N–H and O–H groups in total. The molecular weight excluding hydrogens is 364 g/mol. The van der Waals surface area contributed by atoms with E-state index in [9.17, 15) is 49.5 Å². The molecule has 4 atom stereocenters. The summed E-state index contributed by atoms with van der Waals surface area (Å²) in [6.45, 7) is 4.03. The van der Waals surface area contributed by atoms with E-state index in [4.69, 9.17) is 0 Å². The highest BCUT2D eigenvalue weighted by Gasteiger charge is 2.77. The molecule has 0 bridgehead atoms. The maximum atomic E-state index is 12.3. The Balaban J connectivity index is 7.49. The Morgan fingerprint density at radius 2 is 1.22 bits per heavy atom. The molecule has 0 fully saturated rings. The third-order valence-electron chi connectivity index (χ3n) is 4.64. The minimum absolute atomic E-state index is 0.515. The molecule has 0 aromatic rings. The van der Waals surface area contributed by atoms with Crippen LogP contribution < -0.4 is 0 Å². The summed E-state index contributed by atoms with van der Waals surface area (Å²) in [6.07, 6.45) is 0.0989.